The second-order valence-corrected chi connectivity index (χ2v) is 9.44. The topological polar surface area (TPSA) is 51.7 Å². The fourth-order valence-electron chi connectivity index (χ4n) is 5.39. The number of benzene rings is 2. The Morgan fingerprint density at radius 3 is 2.67 bits per heavy atom. The van der Waals surface area contributed by atoms with E-state index in [1.807, 2.05) is 18.3 Å². The standard InChI is InChI=1S/C28H32N2O3/c31-27(28(11-15-32-16-12-28)19-22-6-2-1-3-7-22)30-14-17-33-21-23(20-30)18-24-8-4-10-26-25(24)9-5-13-29-26/h1-10,13,23H,11-12,14-21H2. The molecule has 172 valence electrons. The van der Waals surface area contributed by atoms with Crippen LogP contribution in [0.5, 0.6) is 0 Å². The molecule has 0 bridgehead atoms. The molecule has 0 spiro atoms. The van der Waals surface area contributed by atoms with Crippen LogP contribution in [0.1, 0.15) is 24.0 Å². The van der Waals surface area contributed by atoms with Crippen molar-refractivity contribution in [1.82, 2.24) is 9.88 Å². The van der Waals surface area contributed by atoms with Gasteiger partial charge in [0.1, 0.15) is 0 Å². The van der Waals surface area contributed by atoms with Crippen LogP contribution < -0.4 is 0 Å². The lowest BCUT2D eigenvalue weighted by atomic mass is 9.74. The maximum Gasteiger partial charge on any atom is 0.229 e. The normalized spacial score (nSPS) is 21.0. The highest BCUT2D eigenvalue weighted by Crippen LogP contribution is 2.37. The van der Waals surface area contributed by atoms with Crippen molar-refractivity contribution in [2.45, 2.75) is 25.7 Å². The van der Waals surface area contributed by atoms with Gasteiger partial charge in [0.15, 0.2) is 0 Å². The summed E-state index contributed by atoms with van der Waals surface area (Å²) < 4.78 is 11.6. The molecule has 0 N–H and O–H groups in total. The fraction of sp³-hybridized carbons (Fsp3) is 0.429. The van der Waals surface area contributed by atoms with E-state index in [2.05, 4.69) is 58.4 Å². The summed E-state index contributed by atoms with van der Waals surface area (Å²) in [5, 5.41) is 1.19. The zero-order valence-electron chi connectivity index (χ0n) is 19.1. The Labute approximate surface area is 195 Å². The van der Waals surface area contributed by atoms with Crippen molar-refractivity contribution in [3.05, 3.63) is 78.0 Å². The first-order valence-electron chi connectivity index (χ1n) is 12.0. The number of hydrogen-bond donors (Lipinski definition) is 0. The monoisotopic (exact) mass is 444 g/mol. The minimum atomic E-state index is -0.391. The van der Waals surface area contributed by atoms with E-state index in [9.17, 15) is 4.79 Å². The van der Waals surface area contributed by atoms with Crippen molar-refractivity contribution in [3.8, 4) is 0 Å². The predicted molar refractivity (Wildman–Crippen MR) is 129 cm³/mol. The molecule has 5 nitrogen and oxygen atoms in total. The van der Waals surface area contributed by atoms with Crippen LogP contribution in [-0.2, 0) is 27.1 Å². The molecule has 1 aromatic heterocycles. The van der Waals surface area contributed by atoms with E-state index in [0.717, 1.165) is 37.7 Å². The van der Waals surface area contributed by atoms with E-state index in [4.69, 9.17) is 9.47 Å². The average molecular weight is 445 g/mol. The van der Waals surface area contributed by atoms with Crippen molar-refractivity contribution in [2.75, 3.05) is 39.5 Å². The number of rotatable bonds is 5. The minimum absolute atomic E-state index is 0.260. The van der Waals surface area contributed by atoms with Crippen LogP contribution in [0.25, 0.3) is 10.9 Å². The van der Waals surface area contributed by atoms with E-state index < -0.39 is 5.41 Å². The van der Waals surface area contributed by atoms with Gasteiger partial charge in [-0.15, -0.1) is 0 Å². The minimum Gasteiger partial charge on any atom is -0.381 e. The molecule has 0 aliphatic carbocycles. The summed E-state index contributed by atoms with van der Waals surface area (Å²) in [5.74, 6) is 0.528. The second-order valence-electron chi connectivity index (χ2n) is 9.44. The van der Waals surface area contributed by atoms with Gasteiger partial charge in [-0.3, -0.25) is 9.78 Å². The summed E-state index contributed by atoms with van der Waals surface area (Å²) in [7, 11) is 0. The molecule has 1 amide bonds. The van der Waals surface area contributed by atoms with E-state index in [1.54, 1.807) is 0 Å². The van der Waals surface area contributed by atoms with Crippen molar-refractivity contribution < 1.29 is 14.3 Å². The maximum atomic E-state index is 14.0. The number of amides is 1. The number of carbonyl (C=O) groups is 1. The lowest BCUT2D eigenvalue weighted by Crippen LogP contribution is -2.50. The Kier molecular flexibility index (Phi) is 6.70. The van der Waals surface area contributed by atoms with Gasteiger partial charge in [0, 0.05) is 43.8 Å². The smallest absolute Gasteiger partial charge is 0.229 e. The molecule has 0 saturated carbocycles. The predicted octanol–water partition coefficient (Wildman–Crippen LogP) is 4.29. The van der Waals surface area contributed by atoms with Crippen molar-refractivity contribution in [2.24, 2.45) is 11.3 Å². The van der Waals surface area contributed by atoms with Gasteiger partial charge in [0.25, 0.3) is 0 Å². The third kappa shape index (κ3) is 4.94. The SMILES string of the molecule is O=C(N1CCOCC(Cc2cccc3ncccc23)C1)C1(Cc2ccccc2)CCOCC1. The zero-order valence-corrected chi connectivity index (χ0v) is 19.1. The Morgan fingerprint density at radius 1 is 0.970 bits per heavy atom. The summed E-state index contributed by atoms with van der Waals surface area (Å²) in [6.07, 6.45) is 5.03. The summed E-state index contributed by atoms with van der Waals surface area (Å²) in [4.78, 5) is 20.6. The van der Waals surface area contributed by atoms with E-state index in [-0.39, 0.29) is 11.8 Å². The van der Waals surface area contributed by atoms with Gasteiger partial charge in [-0.05, 0) is 48.9 Å². The molecule has 2 aliphatic rings. The van der Waals surface area contributed by atoms with Crippen molar-refractivity contribution >= 4 is 16.8 Å². The molecule has 3 heterocycles. The second kappa shape index (κ2) is 10.0. The number of hydrogen-bond acceptors (Lipinski definition) is 4. The van der Waals surface area contributed by atoms with Crippen molar-refractivity contribution in [3.63, 3.8) is 0 Å². The number of nitrogens with zero attached hydrogens (tertiary/aromatic N) is 2. The van der Waals surface area contributed by atoms with Crippen LogP contribution >= 0.6 is 0 Å². The number of pyridine rings is 1. The van der Waals surface area contributed by atoms with E-state index in [0.29, 0.717) is 33.0 Å². The quantitative estimate of drug-likeness (QED) is 0.589. The Bertz CT molecular complexity index is 1070. The molecular formula is C28H32N2O3. The van der Waals surface area contributed by atoms with Gasteiger partial charge in [0.2, 0.25) is 5.91 Å². The number of carbonyl (C=O) groups excluding carboxylic acids is 1. The number of aromatic nitrogens is 1. The summed E-state index contributed by atoms with van der Waals surface area (Å²) in [5.41, 5.74) is 3.12. The lowest BCUT2D eigenvalue weighted by molar-refractivity contribution is -0.148. The largest absolute Gasteiger partial charge is 0.381 e. The van der Waals surface area contributed by atoms with Gasteiger partial charge >= 0.3 is 0 Å². The first-order chi connectivity index (χ1) is 16.2. The van der Waals surface area contributed by atoms with Gasteiger partial charge < -0.3 is 14.4 Å². The van der Waals surface area contributed by atoms with E-state index >= 15 is 0 Å². The molecular weight excluding hydrogens is 412 g/mol. The zero-order chi connectivity index (χ0) is 22.5. The van der Waals surface area contributed by atoms with Crippen molar-refractivity contribution in [1.29, 1.82) is 0 Å². The van der Waals surface area contributed by atoms with Crippen LogP contribution in [0.15, 0.2) is 66.9 Å². The highest BCUT2D eigenvalue weighted by Gasteiger charge is 2.43. The van der Waals surface area contributed by atoms with Crippen LogP contribution in [0, 0.1) is 11.3 Å². The Hall–Kier alpha value is -2.76. The van der Waals surface area contributed by atoms with Crippen LogP contribution in [-0.4, -0.2) is 55.3 Å². The average Bonchev–Trinajstić information content (AvgIpc) is 3.10. The third-order valence-electron chi connectivity index (χ3n) is 7.16. The highest BCUT2D eigenvalue weighted by atomic mass is 16.5. The summed E-state index contributed by atoms with van der Waals surface area (Å²) in [6.45, 7) is 3.95. The van der Waals surface area contributed by atoms with Crippen LogP contribution in [0.3, 0.4) is 0 Å². The molecule has 2 aromatic carbocycles. The molecule has 2 saturated heterocycles. The Morgan fingerprint density at radius 2 is 1.82 bits per heavy atom. The number of fused-ring (bicyclic) bond motifs is 1. The molecule has 3 aromatic rings. The molecule has 1 unspecified atom stereocenters. The van der Waals surface area contributed by atoms with Gasteiger partial charge in [0.05, 0.1) is 24.1 Å². The molecule has 5 rings (SSSR count). The van der Waals surface area contributed by atoms with Gasteiger partial charge in [-0.2, -0.15) is 0 Å². The summed E-state index contributed by atoms with van der Waals surface area (Å²) in [6, 6.07) is 20.8. The van der Waals surface area contributed by atoms with Gasteiger partial charge in [-0.1, -0.05) is 48.5 Å². The third-order valence-corrected chi connectivity index (χ3v) is 7.16. The molecule has 2 aliphatic heterocycles. The summed E-state index contributed by atoms with van der Waals surface area (Å²) >= 11 is 0. The Balaban J connectivity index is 1.36. The van der Waals surface area contributed by atoms with Crippen LogP contribution in [0.2, 0.25) is 0 Å². The molecule has 1 atom stereocenters. The van der Waals surface area contributed by atoms with Gasteiger partial charge in [-0.25, -0.2) is 0 Å². The number of ether oxygens (including phenoxy) is 2. The molecule has 2 fully saturated rings. The first-order valence-corrected chi connectivity index (χ1v) is 12.0. The van der Waals surface area contributed by atoms with E-state index in [1.165, 1.54) is 16.5 Å². The molecule has 5 heteroatoms. The maximum absolute atomic E-state index is 14.0. The molecule has 33 heavy (non-hydrogen) atoms. The fourth-order valence-corrected chi connectivity index (χ4v) is 5.39. The van der Waals surface area contributed by atoms with Crippen LogP contribution in [0.4, 0.5) is 0 Å². The molecule has 0 radical (unpaired) electrons. The lowest BCUT2D eigenvalue weighted by Gasteiger charge is -2.40. The first kappa shape index (κ1) is 22.1. The highest BCUT2D eigenvalue weighted by molar-refractivity contribution is 5.84.